The van der Waals surface area contributed by atoms with Crippen LogP contribution in [0.15, 0.2) is 54.3 Å². The van der Waals surface area contributed by atoms with Crippen LogP contribution < -0.4 is 4.74 Å². The second-order valence-electron chi connectivity index (χ2n) is 4.37. The lowest BCUT2D eigenvalue weighted by atomic mass is 10.1. The summed E-state index contributed by atoms with van der Waals surface area (Å²) in [5.41, 5.74) is 1.26. The zero-order chi connectivity index (χ0) is 13.9. The van der Waals surface area contributed by atoms with E-state index in [0.29, 0.717) is 11.3 Å². The lowest BCUT2D eigenvalue weighted by Gasteiger charge is -2.17. The first-order valence-electron chi connectivity index (χ1n) is 6.16. The number of para-hydroxylation sites is 1. The van der Waals surface area contributed by atoms with E-state index in [2.05, 4.69) is 0 Å². The van der Waals surface area contributed by atoms with Gasteiger partial charge < -0.3 is 14.6 Å². The average molecular weight is 268 g/mol. The SMILES string of the molecule is O=C(OC1=Cc2ccccc2OC1)c1ccc(O)cc1. The van der Waals surface area contributed by atoms with Crippen molar-refractivity contribution in [3.8, 4) is 11.5 Å². The summed E-state index contributed by atoms with van der Waals surface area (Å²) in [4.78, 5) is 11.9. The summed E-state index contributed by atoms with van der Waals surface area (Å²) < 4.78 is 10.8. The van der Waals surface area contributed by atoms with Crippen LogP contribution in [0.25, 0.3) is 6.08 Å². The van der Waals surface area contributed by atoms with Gasteiger partial charge in [-0.25, -0.2) is 4.79 Å². The Morgan fingerprint density at radius 3 is 2.65 bits per heavy atom. The summed E-state index contributed by atoms with van der Waals surface area (Å²) >= 11 is 0. The Labute approximate surface area is 115 Å². The maximum absolute atomic E-state index is 11.9. The van der Waals surface area contributed by atoms with Gasteiger partial charge in [-0.3, -0.25) is 0 Å². The van der Waals surface area contributed by atoms with Crippen molar-refractivity contribution >= 4 is 12.0 Å². The number of carbonyl (C=O) groups is 1. The van der Waals surface area contributed by atoms with E-state index in [1.54, 1.807) is 6.08 Å². The van der Waals surface area contributed by atoms with Crippen molar-refractivity contribution in [2.24, 2.45) is 0 Å². The highest BCUT2D eigenvalue weighted by Gasteiger charge is 2.16. The molecule has 0 saturated heterocycles. The van der Waals surface area contributed by atoms with Gasteiger partial charge in [-0.2, -0.15) is 0 Å². The highest BCUT2D eigenvalue weighted by Crippen LogP contribution is 2.26. The van der Waals surface area contributed by atoms with Crippen LogP contribution in [0.3, 0.4) is 0 Å². The molecule has 4 heteroatoms. The zero-order valence-corrected chi connectivity index (χ0v) is 10.6. The van der Waals surface area contributed by atoms with E-state index in [0.717, 1.165) is 11.3 Å². The molecule has 2 aromatic rings. The van der Waals surface area contributed by atoms with E-state index < -0.39 is 5.97 Å². The van der Waals surface area contributed by atoms with E-state index >= 15 is 0 Å². The summed E-state index contributed by atoms with van der Waals surface area (Å²) in [7, 11) is 0. The minimum absolute atomic E-state index is 0.107. The Morgan fingerprint density at radius 2 is 1.85 bits per heavy atom. The molecule has 1 N–H and O–H groups in total. The molecule has 0 saturated carbocycles. The second-order valence-corrected chi connectivity index (χ2v) is 4.37. The molecular weight excluding hydrogens is 256 g/mol. The van der Waals surface area contributed by atoms with Gasteiger partial charge in [0.05, 0.1) is 5.56 Å². The van der Waals surface area contributed by atoms with E-state index in [1.807, 2.05) is 24.3 Å². The van der Waals surface area contributed by atoms with Gasteiger partial charge in [0.1, 0.15) is 23.9 Å². The Kier molecular flexibility index (Phi) is 3.13. The molecule has 1 heterocycles. The van der Waals surface area contributed by atoms with Crippen molar-refractivity contribution in [3.63, 3.8) is 0 Å². The molecule has 1 aliphatic rings. The van der Waals surface area contributed by atoms with Crippen molar-refractivity contribution in [1.29, 1.82) is 0 Å². The number of ether oxygens (including phenoxy) is 2. The first-order chi connectivity index (χ1) is 9.72. The average Bonchev–Trinajstić information content (AvgIpc) is 2.48. The molecule has 0 aromatic heterocycles. The van der Waals surface area contributed by atoms with E-state index in [4.69, 9.17) is 9.47 Å². The van der Waals surface area contributed by atoms with Crippen LogP contribution in [0.5, 0.6) is 11.5 Å². The molecule has 0 aliphatic carbocycles. The second kappa shape index (κ2) is 5.09. The lowest BCUT2D eigenvalue weighted by molar-refractivity contribution is 0.0592. The normalized spacial score (nSPS) is 12.9. The molecule has 2 aromatic carbocycles. The highest BCUT2D eigenvalue weighted by molar-refractivity contribution is 5.90. The molecule has 0 spiro atoms. The number of esters is 1. The summed E-state index contributed by atoms with van der Waals surface area (Å²) in [5.74, 6) is 0.869. The molecule has 1 aliphatic heterocycles. The van der Waals surface area contributed by atoms with Gasteiger partial charge in [-0.1, -0.05) is 18.2 Å². The van der Waals surface area contributed by atoms with Crippen LogP contribution in [-0.2, 0) is 4.74 Å². The number of hydrogen-bond acceptors (Lipinski definition) is 4. The van der Waals surface area contributed by atoms with E-state index in [-0.39, 0.29) is 12.4 Å². The first kappa shape index (κ1) is 12.3. The summed E-state index contributed by atoms with van der Waals surface area (Å²) in [5, 5.41) is 9.19. The molecule has 20 heavy (non-hydrogen) atoms. The fraction of sp³-hybridized carbons (Fsp3) is 0.0625. The molecule has 0 bridgehead atoms. The standard InChI is InChI=1S/C16H12O4/c17-13-7-5-11(6-8-13)16(18)20-14-9-12-3-1-2-4-15(12)19-10-14/h1-9,17H,10H2. The van der Waals surface area contributed by atoms with Crippen molar-refractivity contribution in [2.75, 3.05) is 6.61 Å². The van der Waals surface area contributed by atoms with Crippen molar-refractivity contribution in [3.05, 3.63) is 65.4 Å². The predicted octanol–water partition coefficient (Wildman–Crippen LogP) is 2.98. The number of aromatic hydroxyl groups is 1. The van der Waals surface area contributed by atoms with E-state index in [9.17, 15) is 9.90 Å². The molecule has 100 valence electrons. The van der Waals surface area contributed by atoms with Crippen LogP contribution in [0.2, 0.25) is 0 Å². The van der Waals surface area contributed by atoms with Crippen LogP contribution in [0, 0.1) is 0 Å². The van der Waals surface area contributed by atoms with Crippen LogP contribution in [0.4, 0.5) is 0 Å². The van der Waals surface area contributed by atoms with Crippen molar-refractivity contribution in [2.45, 2.75) is 0 Å². The minimum atomic E-state index is -0.473. The van der Waals surface area contributed by atoms with E-state index in [1.165, 1.54) is 24.3 Å². The molecule has 0 radical (unpaired) electrons. The minimum Gasteiger partial charge on any atom is -0.508 e. The zero-order valence-electron chi connectivity index (χ0n) is 10.6. The van der Waals surface area contributed by atoms with Gasteiger partial charge in [-0.05, 0) is 36.4 Å². The smallest absolute Gasteiger partial charge is 0.343 e. The van der Waals surface area contributed by atoms with Crippen LogP contribution in [-0.4, -0.2) is 17.7 Å². The Balaban J connectivity index is 1.77. The fourth-order valence-corrected chi connectivity index (χ4v) is 1.93. The number of benzene rings is 2. The van der Waals surface area contributed by atoms with Crippen LogP contribution in [0.1, 0.15) is 15.9 Å². The van der Waals surface area contributed by atoms with Gasteiger partial charge in [0, 0.05) is 5.56 Å². The molecule has 0 atom stereocenters. The molecule has 4 nitrogen and oxygen atoms in total. The Bertz CT molecular complexity index is 671. The summed E-state index contributed by atoms with van der Waals surface area (Å²) in [6.07, 6.45) is 1.79. The molecule has 3 rings (SSSR count). The Hall–Kier alpha value is -2.75. The quantitative estimate of drug-likeness (QED) is 0.851. The predicted molar refractivity (Wildman–Crippen MR) is 73.4 cm³/mol. The largest absolute Gasteiger partial charge is 0.508 e. The first-order valence-corrected chi connectivity index (χ1v) is 6.16. The number of carbonyl (C=O) groups excluding carboxylic acids is 1. The Morgan fingerprint density at radius 1 is 1.10 bits per heavy atom. The number of fused-ring (bicyclic) bond motifs is 1. The molecule has 0 amide bonds. The maximum Gasteiger partial charge on any atom is 0.343 e. The number of phenols is 1. The van der Waals surface area contributed by atoms with Crippen molar-refractivity contribution in [1.82, 2.24) is 0 Å². The van der Waals surface area contributed by atoms with Gasteiger partial charge >= 0.3 is 5.97 Å². The summed E-state index contributed by atoms with van der Waals surface area (Å²) in [6, 6.07) is 13.4. The summed E-state index contributed by atoms with van der Waals surface area (Å²) in [6.45, 7) is 0.223. The maximum atomic E-state index is 11.9. The van der Waals surface area contributed by atoms with Gasteiger partial charge in [0.15, 0.2) is 0 Å². The third-order valence-electron chi connectivity index (χ3n) is 2.93. The monoisotopic (exact) mass is 268 g/mol. The molecular formula is C16H12O4. The topological polar surface area (TPSA) is 55.8 Å². The third-order valence-corrected chi connectivity index (χ3v) is 2.93. The third kappa shape index (κ3) is 2.49. The lowest BCUT2D eigenvalue weighted by Crippen LogP contribution is -2.13. The highest BCUT2D eigenvalue weighted by atomic mass is 16.6. The fourth-order valence-electron chi connectivity index (χ4n) is 1.93. The molecule has 0 fully saturated rings. The van der Waals surface area contributed by atoms with Gasteiger partial charge in [0.25, 0.3) is 0 Å². The van der Waals surface area contributed by atoms with Gasteiger partial charge in [-0.15, -0.1) is 0 Å². The number of phenolic OH excluding ortho intramolecular Hbond substituents is 1. The molecule has 0 unspecified atom stereocenters. The number of rotatable bonds is 2. The number of hydrogen-bond donors (Lipinski definition) is 1. The van der Waals surface area contributed by atoms with Gasteiger partial charge in [0.2, 0.25) is 0 Å². The van der Waals surface area contributed by atoms with Crippen LogP contribution >= 0.6 is 0 Å². The van der Waals surface area contributed by atoms with Crippen molar-refractivity contribution < 1.29 is 19.4 Å².